The van der Waals surface area contributed by atoms with Gasteiger partial charge in [-0.25, -0.2) is 0 Å². The predicted octanol–water partition coefficient (Wildman–Crippen LogP) is 1.57. The normalized spacial score (nSPS) is 22.2. The monoisotopic (exact) mass is 353 g/mol. The lowest BCUT2D eigenvalue weighted by atomic mass is 9.94. The lowest BCUT2D eigenvalue weighted by Crippen LogP contribution is -2.48. The number of rotatable bonds is 4. The van der Waals surface area contributed by atoms with Crippen LogP contribution >= 0.6 is 0 Å². The summed E-state index contributed by atoms with van der Waals surface area (Å²) in [6.07, 6.45) is 4.74. The van der Waals surface area contributed by atoms with Gasteiger partial charge in [0.05, 0.1) is 18.2 Å². The highest BCUT2D eigenvalue weighted by Crippen LogP contribution is 2.36. The Hall–Kier alpha value is -2.67. The molecule has 0 aliphatic carbocycles. The average Bonchev–Trinajstić information content (AvgIpc) is 3.30. The molecule has 2 aliphatic rings. The number of nitrogens with one attached hydrogen (secondary N) is 3. The fourth-order valence-corrected chi connectivity index (χ4v) is 3.75. The standard InChI is InChI=1S/C19H23N5O2/c1-2-12-3-4-16-14(7-12)15(19(26)23-16)8-18(25)24-6-5-20-17(11-24)13-9-21-22-10-13/h3-4,7,9-10,15,17,20H,2,5-6,8,11H2,1H3,(H,21,22)(H,23,26). The Morgan fingerprint density at radius 1 is 1.38 bits per heavy atom. The molecule has 136 valence electrons. The van der Waals surface area contributed by atoms with E-state index in [0.29, 0.717) is 13.1 Å². The lowest BCUT2D eigenvalue weighted by molar-refractivity contribution is -0.134. The third kappa shape index (κ3) is 3.10. The van der Waals surface area contributed by atoms with Crippen molar-refractivity contribution in [3.05, 3.63) is 47.3 Å². The number of fused-ring (bicyclic) bond motifs is 1. The fraction of sp³-hybridized carbons (Fsp3) is 0.421. The number of amides is 2. The molecule has 3 N–H and O–H groups in total. The van der Waals surface area contributed by atoms with Crippen LogP contribution in [0.2, 0.25) is 0 Å². The molecule has 0 bridgehead atoms. The maximum absolute atomic E-state index is 12.9. The van der Waals surface area contributed by atoms with Crippen molar-refractivity contribution in [1.29, 1.82) is 0 Å². The summed E-state index contributed by atoms with van der Waals surface area (Å²) >= 11 is 0. The second-order valence-electron chi connectivity index (χ2n) is 6.90. The molecule has 7 nitrogen and oxygen atoms in total. The van der Waals surface area contributed by atoms with Crippen LogP contribution in [0.3, 0.4) is 0 Å². The number of piperazine rings is 1. The topological polar surface area (TPSA) is 90.1 Å². The second-order valence-corrected chi connectivity index (χ2v) is 6.90. The van der Waals surface area contributed by atoms with Crippen molar-refractivity contribution in [2.75, 3.05) is 25.0 Å². The summed E-state index contributed by atoms with van der Waals surface area (Å²) in [5.74, 6) is -0.454. The van der Waals surface area contributed by atoms with Gasteiger partial charge in [-0.15, -0.1) is 0 Å². The molecule has 0 radical (unpaired) electrons. The van der Waals surface area contributed by atoms with E-state index in [1.807, 2.05) is 23.2 Å². The minimum absolute atomic E-state index is 0.0231. The van der Waals surface area contributed by atoms with Crippen LogP contribution < -0.4 is 10.6 Å². The summed E-state index contributed by atoms with van der Waals surface area (Å²) in [5, 5.41) is 13.1. The Morgan fingerprint density at radius 2 is 2.27 bits per heavy atom. The quantitative estimate of drug-likeness (QED) is 0.778. The number of carbonyl (C=O) groups is 2. The van der Waals surface area contributed by atoms with Gasteiger partial charge in [0.2, 0.25) is 11.8 Å². The number of benzene rings is 1. The minimum atomic E-state index is -0.397. The van der Waals surface area contributed by atoms with Crippen LogP contribution in [0.1, 0.15) is 42.0 Å². The Labute approximate surface area is 152 Å². The molecule has 1 saturated heterocycles. The van der Waals surface area contributed by atoms with Gasteiger partial charge in [0.25, 0.3) is 0 Å². The van der Waals surface area contributed by atoms with E-state index >= 15 is 0 Å². The molecule has 2 aromatic rings. The van der Waals surface area contributed by atoms with Crippen LogP contribution in [-0.2, 0) is 16.0 Å². The van der Waals surface area contributed by atoms with Crippen LogP contribution in [-0.4, -0.2) is 46.5 Å². The molecular weight excluding hydrogens is 330 g/mol. The third-order valence-corrected chi connectivity index (χ3v) is 5.30. The van der Waals surface area contributed by atoms with Gasteiger partial charge in [-0.3, -0.25) is 14.7 Å². The SMILES string of the molecule is CCc1ccc2c(c1)C(CC(=O)N1CCNC(c3cn[nH]c3)C1)C(=O)N2. The van der Waals surface area contributed by atoms with Crippen LogP contribution in [0.4, 0.5) is 5.69 Å². The molecule has 2 amide bonds. The number of nitrogens with zero attached hydrogens (tertiary/aromatic N) is 2. The molecule has 1 aromatic heterocycles. The number of aryl methyl sites for hydroxylation is 1. The van der Waals surface area contributed by atoms with Crippen molar-refractivity contribution in [3.8, 4) is 0 Å². The number of H-pyrrole nitrogens is 1. The van der Waals surface area contributed by atoms with Crippen molar-refractivity contribution < 1.29 is 9.59 Å². The molecule has 3 heterocycles. The molecule has 2 unspecified atom stereocenters. The zero-order valence-corrected chi connectivity index (χ0v) is 14.8. The number of hydrogen-bond donors (Lipinski definition) is 3. The number of aromatic nitrogens is 2. The first-order valence-corrected chi connectivity index (χ1v) is 9.09. The molecule has 1 aromatic carbocycles. The van der Waals surface area contributed by atoms with Crippen molar-refractivity contribution in [2.45, 2.75) is 31.7 Å². The zero-order valence-electron chi connectivity index (χ0n) is 14.8. The van der Waals surface area contributed by atoms with Gasteiger partial charge in [0.1, 0.15) is 0 Å². The minimum Gasteiger partial charge on any atom is -0.339 e. The predicted molar refractivity (Wildman–Crippen MR) is 97.7 cm³/mol. The van der Waals surface area contributed by atoms with Crippen molar-refractivity contribution in [2.24, 2.45) is 0 Å². The maximum Gasteiger partial charge on any atom is 0.232 e. The van der Waals surface area contributed by atoms with Crippen molar-refractivity contribution in [1.82, 2.24) is 20.4 Å². The Kier molecular flexibility index (Phi) is 4.46. The van der Waals surface area contributed by atoms with Gasteiger partial charge in [0, 0.05) is 43.5 Å². The Bertz CT molecular complexity index is 817. The van der Waals surface area contributed by atoms with E-state index in [-0.39, 0.29) is 24.3 Å². The molecule has 0 spiro atoms. The molecule has 2 atom stereocenters. The van der Waals surface area contributed by atoms with E-state index in [1.54, 1.807) is 6.20 Å². The highest BCUT2D eigenvalue weighted by molar-refractivity contribution is 6.05. The summed E-state index contributed by atoms with van der Waals surface area (Å²) in [4.78, 5) is 27.1. The van der Waals surface area contributed by atoms with Gasteiger partial charge in [-0.05, 0) is 23.6 Å². The summed E-state index contributed by atoms with van der Waals surface area (Å²) in [5.41, 5.74) is 4.00. The van der Waals surface area contributed by atoms with Gasteiger partial charge >= 0.3 is 0 Å². The van der Waals surface area contributed by atoms with Crippen LogP contribution in [0, 0.1) is 0 Å². The van der Waals surface area contributed by atoms with E-state index in [1.165, 1.54) is 5.56 Å². The smallest absolute Gasteiger partial charge is 0.232 e. The number of hydrogen-bond acceptors (Lipinski definition) is 4. The van der Waals surface area contributed by atoms with E-state index in [9.17, 15) is 9.59 Å². The highest BCUT2D eigenvalue weighted by Gasteiger charge is 2.34. The molecule has 4 rings (SSSR count). The zero-order chi connectivity index (χ0) is 18.1. The Balaban J connectivity index is 1.47. The molecular formula is C19H23N5O2. The number of anilines is 1. The first-order valence-electron chi connectivity index (χ1n) is 9.09. The lowest BCUT2D eigenvalue weighted by Gasteiger charge is -2.33. The summed E-state index contributed by atoms with van der Waals surface area (Å²) in [7, 11) is 0. The largest absolute Gasteiger partial charge is 0.339 e. The molecule has 1 fully saturated rings. The highest BCUT2D eigenvalue weighted by atomic mass is 16.2. The van der Waals surface area contributed by atoms with Crippen molar-refractivity contribution >= 4 is 17.5 Å². The van der Waals surface area contributed by atoms with Crippen LogP contribution in [0.15, 0.2) is 30.6 Å². The van der Waals surface area contributed by atoms with E-state index in [4.69, 9.17) is 0 Å². The Morgan fingerprint density at radius 3 is 3.04 bits per heavy atom. The molecule has 26 heavy (non-hydrogen) atoms. The average molecular weight is 353 g/mol. The van der Waals surface area contributed by atoms with E-state index in [0.717, 1.165) is 29.8 Å². The molecule has 7 heteroatoms. The molecule has 0 saturated carbocycles. The first-order chi connectivity index (χ1) is 12.7. The summed E-state index contributed by atoms with van der Waals surface area (Å²) in [6, 6.07) is 6.09. The number of aromatic amines is 1. The van der Waals surface area contributed by atoms with Crippen LogP contribution in [0.5, 0.6) is 0 Å². The maximum atomic E-state index is 12.9. The second kappa shape index (κ2) is 6.92. The van der Waals surface area contributed by atoms with Gasteiger partial charge in [-0.1, -0.05) is 19.1 Å². The third-order valence-electron chi connectivity index (χ3n) is 5.30. The van der Waals surface area contributed by atoms with Gasteiger partial charge in [-0.2, -0.15) is 5.10 Å². The van der Waals surface area contributed by atoms with E-state index < -0.39 is 5.92 Å². The first kappa shape index (κ1) is 16.8. The molecule has 2 aliphatic heterocycles. The van der Waals surface area contributed by atoms with Crippen molar-refractivity contribution in [3.63, 3.8) is 0 Å². The fourth-order valence-electron chi connectivity index (χ4n) is 3.75. The van der Waals surface area contributed by atoms with Gasteiger partial charge in [0.15, 0.2) is 0 Å². The van der Waals surface area contributed by atoms with Crippen LogP contribution in [0.25, 0.3) is 0 Å². The van der Waals surface area contributed by atoms with Gasteiger partial charge < -0.3 is 15.5 Å². The summed E-state index contributed by atoms with van der Waals surface area (Å²) in [6.45, 7) is 4.07. The summed E-state index contributed by atoms with van der Waals surface area (Å²) < 4.78 is 0. The number of carbonyl (C=O) groups excluding carboxylic acids is 2. The van der Waals surface area contributed by atoms with E-state index in [2.05, 4.69) is 33.8 Å².